The van der Waals surface area contributed by atoms with Gasteiger partial charge in [-0.15, -0.1) is 0 Å². The molecule has 0 amide bonds. The molecule has 0 N–H and O–H groups in total. The summed E-state index contributed by atoms with van der Waals surface area (Å²) in [4.78, 5) is 0. The minimum Gasteiger partial charge on any atom is -0.0658 e. The van der Waals surface area contributed by atoms with Crippen molar-refractivity contribution < 1.29 is 0 Å². The highest BCUT2D eigenvalue weighted by Gasteiger charge is 1.92. The van der Waals surface area contributed by atoms with Crippen molar-refractivity contribution in [3.63, 3.8) is 0 Å². The molecule has 0 aromatic rings. The smallest absolute Gasteiger partial charge is 0.00279 e. The van der Waals surface area contributed by atoms with Gasteiger partial charge < -0.3 is 0 Å². The largest absolute Gasteiger partial charge is 0.0658 e. The second-order valence-corrected chi connectivity index (χ2v) is 7.24. The molecule has 0 aliphatic carbocycles. The lowest BCUT2D eigenvalue weighted by Crippen LogP contribution is -1.82. The van der Waals surface area contributed by atoms with E-state index in [0.717, 1.165) is 0 Å². The Balaban J connectivity index is 2.83. The predicted octanol–water partition coefficient (Wildman–Crippen LogP) is 3.24. The van der Waals surface area contributed by atoms with E-state index in [2.05, 4.69) is 0 Å². The van der Waals surface area contributed by atoms with Gasteiger partial charge in [0.25, 0.3) is 0 Å². The number of rotatable bonds is 13. The van der Waals surface area contributed by atoms with E-state index < -0.39 is 0 Å². The van der Waals surface area contributed by atoms with Crippen molar-refractivity contribution >= 4 is 20.5 Å². The lowest BCUT2D eigenvalue weighted by molar-refractivity contribution is 0.548. The first-order valence-corrected chi connectivity index (χ1v) is 10.7. The van der Waals surface area contributed by atoms with Gasteiger partial charge in [0.05, 0.1) is 0 Å². The summed E-state index contributed by atoms with van der Waals surface area (Å²) in [6, 6.07) is 3.03. The molecule has 2 heteroatoms. The van der Waals surface area contributed by atoms with Gasteiger partial charge in [0.2, 0.25) is 0 Å². The summed E-state index contributed by atoms with van der Waals surface area (Å²) in [5.74, 6) is 0. The molecule has 0 saturated carbocycles. The molecule has 98 valence electrons. The molecule has 0 atom stereocenters. The van der Waals surface area contributed by atoms with E-state index >= 15 is 0 Å². The Hall–Kier alpha value is 0.434. The van der Waals surface area contributed by atoms with Gasteiger partial charge in [-0.25, -0.2) is 0 Å². The van der Waals surface area contributed by atoms with Crippen LogP contribution in [0.1, 0.15) is 77.0 Å². The maximum Gasteiger partial charge on any atom is 0.00279 e. The molecule has 0 unspecified atom stereocenters. The van der Waals surface area contributed by atoms with Crippen LogP contribution in [0.4, 0.5) is 0 Å². The highest BCUT2D eigenvalue weighted by atomic mass is 28.1. The highest BCUT2D eigenvalue weighted by Crippen LogP contribution is 2.12. The van der Waals surface area contributed by atoms with Crippen molar-refractivity contribution in [2.24, 2.45) is 0 Å². The number of unbranched alkanes of at least 4 members (excludes halogenated alkanes) is 11. The summed E-state index contributed by atoms with van der Waals surface area (Å²) in [7, 11) is 2.82. The van der Waals surface area contributed by atoms with Gasteiger partial charge in [0.15, 0.2) is 0 Å². The van der Waals surface area contributed by atoms with Gasteiger partial charge in [-0.1, -0.05) is 89.1 Å². The van der Waals surface area contributed by atoms with Crippen LogP contribution in [0.5, 0.6) is 0 Å². The van der Waals surface area contributed by atoms with Crippen molar-refractivity contribution in [2.45, 2.75) is 89.1 Å². The van der Waals surface area contributed by atoms with E-state index in [0.29, 0.717) is 0 Å². The number of hydrogen-bond acceptors (Lipinski definition) is 0. The number of hydrogen-bond donors (Lipinski definition) is 0. The van der Waals surface area contributed by atoms with E-state index in [-0.39, 0.29) is 0 Å². The van der Waals surface area contributed by atoms with Crippen molar-refractivity contribution in [1.82, 2.24) is 0 Å². The van der Waals surface area contributed by atoms with E-state index in [1.807, 2.05) is 0 Å². The lowest BCUT2D eigenvalue weighted by atomic mass is 10.1. The Kier molecular flexibility index (Phi) is 15.9. The summed E-state index contributed by atoms with van der Waals surface area (Å²) in [6.07, 6.45) is 18.0. The fourth-order valence-corrected chi connectivity index (χ4v) is 3.27. The van der Waals surface area contributed by atoms with E-state index in [9.17, 15) is 0 Å². The SMILES string of the molecule is [SiH3]CCCCCCCCCCCCCC[SiH3]. The monoisotopic (exact) mass is 258 g/mol. The van der Waals surface area contributed by atoms with Crippen molar-refractivity contribution in [2.75, 3.05) is 0 Å². The van der Waals surface area contributed by atoms with Crippen molar-refractivity contribution in [1.29, 1.82) is 0 Å². The first kappa shape index (κ1) is 16.4. The summed E-state index contributed by atoms with van der Waals surface area (Å²) in [5.41, 5.74) is 0. The Bertz CT molecular complexity index is 101. The fourth-order valence-electron chi connectivity index (χ4n) is 2.27. The fraction of sp³-hybridized carbons (Fsp3) is 1.00. The zero-order valence-corrected chi connectivity index (χ0v) is 15.9. The average molecular weight is 259 g/mol. The summed E-state index contributed by atoms with van der Waals surface area (Å²) >= 11 is 0. The standard InChI is InChI=1S/C14H34Si2/c15-13-11-9-7-5-3-1-2-4-6-8-10-12-14-16/h1-14H2,15-16H3. The zero-order valence-electron chi connectivity index (χ0n) is 11.9. The van der Waals surface area contributed by atoms with Crippen LogP contribution in [0, 0.1) is 0 Å². The molecule has 0 nitrogen and oxygen atoms in total. The highest BCUT2D eigenvalue weighted by molar-refractivity contribution is 6.08. The second-order valence-electron chi connectivity index (χ2n) is 5.24. The normalized spacial score (nSPS) is 11.2. The quantitative estimate of drug-likeness (QED) is 0.351. The van der Waals surface area contributed by atoms with Gasteiger partial charge >= 0.3 is 0 Å². The molecule has 16 heavy (non-hydrogen) atoms. The molecule has 0 aliphatic rings. The molecule has 0 saturated heterocycles. The molecule has 0 heterocycles. The summed E-state index contributed by atoms with van der Waals surface area (Å²) < 4.78 is 0. The van der Waals surface area contributed by atoms with Crippen LogP contribution in [-0.4, -0.2) is 20.5 Å². The first-order valence-electron chi connectivity index (χ1n) is 7.91. The molecule has 0 aromatic carbocycles. The third-order valence-corrected chi connectivity index (χ3v) is 4.87. The van der Waals surface area contributed by atoms with Crippen LogP contribution < -0.4 is 0 Å². The molecule has 0 spiro atoms. The van der Waals surface area contributed by atoms with Crippen LogP contribution in [0.3, 0.4) is 0 Å². The molecular formula is C14H34Si2. The minimum absolute atomic E-state index is 1.41. The molecule has 0 radical (unpaired) electrons. The molecular weight excluding hydrogens is 224 g/mol. The third kappa shape index (κ3) is 14.4. The average Bonchev–Trinajstić information content (AvgIpc) is 2.31. The first-order chi connectivity index (χ1) is 7.91. The molecule has 0 rings (SSSR count). The summed E-state index contributed by atoms with van der Waals surface area (Å²) in [6.45, 7) is 0. The second kappa shape index (κ2) is 15.4. The van der Waals surface area contributed by atoms with E-state index in [1.165, 1.54) is 110 Å². The Morgan fingerprint density at radius 1 is 0.312 bits per heavy atom. The van der Waals surface area contributed by atoms with Gasteiger partial charge in [-0.2, -0.15) is 0 Å². The van der Waals surface area contributed by atoms with Gasteiger partial charge in [-0.05, 0) is 0 Å². The van der Waals surface area contributed by atoms with Gasteiger partial charge in [0.1, 0.15) is 0 Å². The Morgan fingerprint density at radius 2 is 0.500 bits per heavy atom. The van der Waals surface area contributed by atoms with E-state index in [4.69, 9.17) is 0 Å². The van der Waals surface area contributed by atoms with Crippen molar-refractivity contribution in [3.05, 3.63) is 0 Å². The van der Waals surface area contributed by atoms with Gasteiger partial charge in [-0.3, -0.25) is 0 Å². The molecule has 0 aliphatic heterocycles. The Morgan fingerprint density at radius 3 is 0.688 bits per heavy atom. The molecule has 0 bridgehead atoms. The maximum absolute atomic E-state index is 1.51. The third-order valence-electron chi connectivity index (χ3n) is 3.46. The minimum atomic E-state index is 1.41. The van der Waals surface area contributed by atoms with Crippen LogP contribution in [0.15, 0.2) is 0 Å². The van der Waals surface area contributed by atoms with Crippen LogP contribution >= 0.6 is 0 Å². The maximum atomic E-state index is 1.51. The predicted molar refractivity (Wildman–Crippen MR) is 84.9 cm³/mol. The summed E-state index contributed by atoms with van der Waals surface area (Å²) in [5, 5.41) is 0. The van der Waals surface area contributed by atoms with Crippen LogP contribution in [0.2, 0.25) is 12.1 Å². The topological polar surface area (TPSA) is 0 Å². The zero-order chi connectivity index (χ0) is 11.9. The Labute approximate surface area is 110 Å². The van der Waals surface area contributed by atoms with Gasteiger partial charge in [0, 0.05) is 20.5 Å². The lowest BCUT2D eigenvalue weighted by Gasteiger charge is -2.02. The van der Waals surface area contributed by atoms with Crippen LogP contribution in [-0.2, 0) is 0 Å². The molecule has 0 fully saturated rings. The van der Waals surface area contributed by atoms with Crippen LogP contribution in [0.25, 0.3) is 0 Å². The van der Waals surface area contributed by atoms with Crippen molar-refractivity contribution in [3.8, 4) is 0 Å². The van der Waals surface area contributed by atoms with E-state index in [1.54, 1.807) is 0 Å². The molecule has 0 aromatic heterocycles.